The van der Waals surface area contributed by atoms with Crippen molar-refractivity contribution in [1.82, 2.24) is 9.80 Å². The maximum atomic E-state index is 12.3. The van der Waals surface area contributed by atoms with Gasteiger partial charge in [-0.25, -0.2) is 0 Å². The van der Waals surface area contributed by atoms with Gasteiger partial charge in [0.1, 0.15) is 5.75 Å². The Bertz CT molecular complexity index is 486. The molecule has 0 atom stereocenters. The third kappa shape index (κ3) is 6.14. The van der Waals surface area contributed by atoms with E-state index in [4.69, 9.17) is 0 Å². The Balaban J connectivity index is 1.81. The number of hydrogen-bond donors (Lipinski definition) is 0. The van der Waals surface area contributed by atoms with E-state index in [-0.39, 0.29) is 11.7 Å². The Hall–Kier alpha value is -1.69. The molecule has 0 spiro atoms. The summed E-state index contributed by atoms with van der Waals surface area (Å²) in [6.45, 7) is -0.141. The van der Waals surface area contributed by atoms with E-state index in [2.05, 4.69) is 4.74 Å². The number of hydrogen-bond acceptors (Lipinski definition) is 3. The van der Waals surface area contributed by atoms with Gasteiger partial charge >= 0.3 is 6.61 Å². The van der Waals surface area contributed by atoms with Crippen LogP contribution < -0.4 is 4.74 Å². The van der Waals surface area contributed by atoms with E-state index in [0.29, 0.717) is 13.1 Å². The van der Waals surface area contributed by atoms with Gasteiger partial charge in [-0.2, -0.15) is 8.78 Å². The van der Waals surface area contributed by atoms with Crippen molar-refractivity contribution >= 4 is 5.91 Å². The summed E-state index contributed by atoms with van der Waals surface area (Å²) in [4.78, 5) is 16.2. The number of rotatable bonds is 6. The number of benzene rings is 1. The summed E-state index contributed by atoms with van der Waals surface area (Å²) in [5, 5.41) is 0. The van der Waals surface area contributed by atoms with Gasteiger partial charge < -0.3 is 9.64 Å². The van der Waals surface area contributed by atoms with Crippen LogP contribution in [0, 0.1) is 0 Å². The molecule has 0 N–H and O–H groups in total. The molecule has 1 heterocycles. The summed E-state index contributed by atoms with van der Waals surface area (Å²) < 4.78 is 28.5. The van der Waals surface area contributed by atoms with E-state index in [1.165, 1.54) is 25.0 Å². The first-order valence-electron chi connectivity index (χ1n) is 8.04. The fourth-order valence-electron chi connectivity index (χ4n) is 2.79. The van der Waals surface area contributed by atoms with Crippen LogP contribution in [0.15, 0.2) is 24.3 Å². The van der Waals surface area contributed by atoms with Crippen molar-refractivity contribution in [3.63, 3.8) is 0 Å². The molecule has 1 amide bonds. The van der Waals surface area contributed by atoms with Gasteiger partial charge in [0, 0.05) is 19.6 Å². The number of likely N-dealkylation sites (N-methyl/N-ethyl adjacent to an activating group) is 1. The Morgan fingerprint density at radius 2 is 1.78 bits per heavy atom. The lowest BCUT2D eigenvalue weighted by atomic mass is 10.2. The van der Waals surface area contributed by atoms with E-state index < -0.39 is 6.61 Å². The number of carbonyl (C=O) groups excluding carboxylic acids is 1. The average molecular weight is 326 g/mol. The maximum absolute atomic E-state index is 12.3. The molecule has 2 rings (SSSR count). The molecule has 0 unspecified atom stereocenters. The topological polar surface area (TPSA) is 32.8 Å². The Kier molecular flexibility index (Phi) is 6.77. The van der Waals surface area contributed by atoms with E-state index in [9.17, 15) is 13.6 Å². The second-order valence-corrected chi connectivity index (χ2v) is 5.99. The van der Waals surface area contributed by atoms with Crippen molar-refractivity contribution in [3.05, 3.63) is 29.8 Å². The third-order valence-electron chi connectivity index (χ3n) is 3.96. The Morgan fingerprint density at radius 3 is 2.35 bits per heavy atom. The van der Waals surface area contributed by atoms with Crippen molar-refractivity contribution in [2.45, 2.75) is 38.8 Å². The van der Waals surface area contributed by atoms with Crippen molar-refractivity contribution in [1.29, 1.82) is 0 Å². The molecule has 0 saturated carbocycles. The smallest absolute Gasteiger partial charge is 0.387 e. The quantitative estimate of drug-likeness (QED) is 0.805. The predicted octanol–water partition coefficient (Wildman–Crippen LogP) is 3.12. The molecule has 0 aliphatic carbocycles. The van der Waals surface area contributed by atoms with Crippen molar-refractivity contribution in [2.24, 2.45) is 0 Å². The number of halogens is 2. The van der Waals surface area contributed by atoms with Crippen LogP contribution in [0.2, 0.25) is 0 Å². The van der Waals surface area contributed by atoms with Gasteiger partial charge in [-0.1, -0.05) is 25.0 Å². The van der Waals surface area contributed by atoms with Crippen molar-refractivity contribution in [2.75, 3.05) is 26.7 Å². The zero-order valence-electron chi connectivity index (χ0n) is 13.5. The summed E-state index contributed by atoms with van der Waals surface area (Å²) in [5.41, 5.74) is 0.956. The summed E-state index contributed by atoms with van der Waals surface area (Å²) in [5.74, 6) is 0.305. The van der Waals surface area contributed by atoms with Crippen LogP contribution in [0.1, 0.15) is 31.2 Å². The van der Waals surface area contributed by atoms with E-state index in [1.54, 1.807) is 12.1 Å². The minimum absolute atomic E-state index is 0.145. The lowest BCUT2D eigenvalue weighted by Crippen LogP contribution is -2.39. The zero-order valence-corrected chi connectivity index (χ0v) is 13.5. The molecule has 0 aromatic heterocycles. The van der Waals surface area contributed by atoms with Gasteiger partial charge in [0.05, 0.1) is 6.54 Å². The molecule has 4 nitrogen and oxygen atoms in total. The lowest BCUT2D eigenvalue weighted by molar-refractivity contribution is -0.132. The number of alkyl halides is 2. The van der Waals surface area contributed by atoms with E-state index in [1.807, 2.05) is 16.8 Å². The molecular weight excluding hydrogens is 302 g/mol. The standard InChI is InChI=1S/C17H24F2N2O2/c1-20(13-16(22)21-10-4-2-3-5-11-21)12-14-6-8-15(9-7-14)23-17(18)19/h6-9,17H,2-5,10-13H2,1H3. The van der Waals surface area contributed by atoms with Crippen LogP contribution in [-0.4, -0.2) is 49.0 Å². The molecule has 23 heavy (non-hydrogen) atoms. The lowest BCUT2D eigenvalue weighted by Gasteiger charge is -2.24. The SMILES string of the molecule is CN(CC(=O)N1CCCCCC1)Cc1ccc(OC(F)F)cc1. The molecule has 1 aliphatic heterocycles. The average Bonchev–Trinajstić information content (AvgIpc) is 2.78. The van der Waals surface area contributed by atoms with Crippen LogP contribution in [0.4, 0.5) is 8.78 Å². The van der Waals surface area contributed by atoms with Crippen LogP contribution >= 0.6 is 0 Å². The third-order valence-corrected chi connectivity index (χ3v) is 3.96. The number of carbonyl (C=O) groups is 1. The molecule has 1 aliphatic rings. The van der Waals surface area contributed by atoms with Gasteiger partial charge in [0.15, 0.2) is 0 Å². The molecule has 0 bridgehead atoms. The molecule has 0 radical (unpaired) electrons. The Labute approximate surface area is 136 Å². The molecule has 128 valence electrons. The largest absolute Gasteiger partial charge is 0.435 e. The van der Waals surface area contributed by atoms with E-state index in [0.717, 1.165) is 31.5 Å². The van der Waals surface area contributed by atoms with Crippen LogP contribution in [0.5, 0.6) is 5.75 Å². The monoisotopic (exact) mass is 326 g/mol. The van der Waals surface area contributed by atoms with Crippen molar-refractivity contribution in [3.8, 4) is 5.75 Å². The number of nitrogens with zero attached hydrogens (tertiary/aromatic N) is 2. The highest BCUT2D eigenvalue weighted by molar-refractivity contribution is 5.78. The van der Waals surface area contributed by atoms with Gasteiger partial charge in [0.2, 0.25) is 5.91 Å². The summed E-state index contributed by atoms with van der Waals surface area (Å²) in [6.07, 6.45) is 4.57. The van der Waals surface area contributed by atoms with Gasteiger partial charge in [-0.15, -0.1) is 0 Å². The number of amides is 1. The minimum Gasteiger partial charge on any atom is -0.435 e. The van der Waals surface area contributed by atoms with Crippen LogP contribution in [0.25, 0.3) is 0 Å². The summed E-state index contributed by atoms with van der Waals surface area (Å²) >= 11 is 0. The molecule has 1 fully saturated rings. The molecule has 1 saturated heterocycles. The highest BCUT2D eigenvalue weighted by Crippen LogP contribution is 2.16. The van der Waals surface area contributed by atoms with Crippen molar-refractivity contribution < 1.29 is 18.3 Å². The second kappa shape index (κ2) is 8.82. The Morgan fingerprint density at radius 1 is 1.17 bits per heavy atom. The fraction of sp³-hybridized carbons (Fsp3) is 0.588. The molecule has 1 aromatic carbocycles. The highest BCUT2D eigenvalue weighted by atomic mass is 19.3. The van der Waals surface area contributed by atoms with Crippen LogP contribution in [-0.2, 0) is 11.3 Å². The van der Waals surface area contributed by atoms with Crippen LogP contribution in [0.3, 0.4) is 0 Å². The van der Waals surface area contributed by atoms with Gasteiger partial charge in [-0.05, 0) is 37.6 Å². The summed E-state index contributed by atoms with van der Waals surface area (Å²) in [6, 6.07) is 6.52. The number of ether oxygens (including phenoxy) is 1. The maximum Gasteiger partial charge on any atom is 0.387 e. The number of likely N-dealkylation sites (tertiary alicyclic amines) is 1. The zero-order chi connectivity index (χ0) is 16.7. The van der Waals surface area contributed by atoms with Gasteiger partial charge in [-0.3, -0.25) is 9.69 Å². The normalized spacial score (nSPS) is 15.8. The molecular formula is C17H24F2N2O2. The molecule has 6 heteroatoms. The second-order valence-electron chi connectivity index (χ2n) is 5.99. The predicted molar refractivity (Wildman–Crippen MR) is 84.5 cm³/mol. The van der Waals surface area contributed by atoms with E-state index >= 15 is 0 Å². The fourth-order valence-corrected chi connectivity index (χ4v) is 2.79. The summed E-state index contributed by atoms with van der Waals surface area (Å²) in [7, 11) is 1.89. The first-order valence-corrected chi connectivity index (χ1v) is 8.04. The minimum atomic E-state index is -2.81. The highest BCUT2D eigenvalue weighted by Gasteiger charge is 2.17. The first kappa shape index (κ1) is 17.7. The first-order chi connectivity index (χ1) is 11.0. The molecule has 1 aromatic rings. The van der Waals surface area contributed by atoms with Gasteiger partial charge in [0.25, 0.3) is 0 Å².